The molecule has 33 heavy (non-hydrogen) atoms. The number of rotatable bonds is 8. The summed E-state index contributed by atoms with van der Waals surface area (Å²) in [4.78, 5) is 37.7. The van der Waals surface area contributed by atoms with Gasteiger partial charge >= 0.3 is 11.0 Å². The average molecular weight is 576 g/mol. The van der Waals surface area contributed by atoms with Gasteiger partial charge in [-0.25, -0.2) is 18.2 Å². The lowest BCUT2D eigenvalue weighted by Crippen LogP contribution is -2.21. The van der Waals surface area contributed by atoms with E-state index in [0.717, 1.165) is 16.7 Å². The van der Waals surface area contributed by atoms with Crippen LogP contribution in [0.3, 0.4) is 0 Å². The summed E-state index contributed by atoms with van der Waals surface area (Å²) in [7, 11) is -4.05. The minimum atomic E-state index is -4.05. The summed E-state index contributed by atoms with van der Waals surface area (Å²) in [5.74, 6) is -1.84. The normalized spacial score (nSPS) is 11.0. The van der Waals surface area contributed by atoms with E-state index in [4.69, 9.17) is 16.3 Å². The van der Waals surface area contributed by atoms with Crippen LogP contribution < -0.4 is 10.0 Å². The van der Waals surface area contributed by atoms with Crippen molar-refractivity contribution in [2.24, 2.45) is 0 Å². The van der Waals surface area contributed by atoms with Crippen molar-refractivity contribution in [1.82, 2.24) is 4.98 Å². The molecular weight excluding hydrogens is 564 g/mol. The molecule has 0 bridgehead atoms. The third-order valence-electron chi connectivity index (χ3n) is 3.82. The quantitative estimate of drug-likeness (QED) is 0.231. The molecule has 2 aromatic carbocycles. The third-order valence-corrected chi connectivity index (χ3v) is 6.92. The zero-order valence-corrected chi connectivity index (χ0v) is 20.1. The smallest absolute Gasteiger partial charge is 0.345 e. The largest absolute Gasteiger partial charge is 0.452 e. The molecular formula is C18H12BrClN4O7S2. The van der Waals surface area contributed by atoms with Crippen LogP contribution in [-0.4, -0.2) is 36.8 Å². The Labute approximate surface area is 204 Å². The van der Waals surface area contributed by atoms with Crippen LogP contribution in [0.25, 0.3) is 0 Å². The Hall–Kier alpha value is -3.07. The maximum Gasteiger partial charge on any atom is 0.345 e. The second-order valence-electron chi connectivity index (χ2n) is 6.14. The summed E-state index contributed by atoms with van der Waals surface area (Å²) in [6.45, 7) is -0.753. The monoisotopic (exact) mass is 574 g/mol. The third kappa shape index (κ3) is 6.47. The highest BCUT2D eigenvalue weighted by Crippen LogP contribution is 2.26. The summed E-state index contributed by atoms with van der Waals surface area (Å²) in [6, 6.07) is 9.83. The molecule has 0 aliphatic heterocycles. The van der Waals surface area contributed by atoms with E-state index in [0.29, 0.717) is 17.0 Å². The summed E-state index contributed by atoms with van der Waals surface area (Å²) in [6.07, 6.45) is 0.973. The molecule has 11 nitrogen and oxygen atoms in total. The van der Waals surface area contributed by atoms with Gasteiger partial charge < -0.3 is 4.74 Å². The molecule has 0 aliphatic rings. The predicted molar refractivity (Wildman–Crippen MR) is 124 cm³/mol. The second-order valence-corrected chi connectivity index (χ2v) is 10.2. The number of thiazole rings is 1. The molecule has 1 aromatic heterocycles. The Bertz CT molecular complexity index is 1330. The van der Waals surface area contributed by atoms with Crippen molar-refractivity contribution in [3.05, 3.63) is 73.8 Å². The first-order valence-corrected chi connectivity index (χ1v) is 12.2. The molecule has 0 unspecified atom stereocenters. The van der Waals surface area contributed by atoms with Crippen molar-refractivity contribution >= 4 is 76.6 Å². The number of aromatic nitrogens is 1. The number of carbonyl (C=O) groups excluding carboxylic acids is 2. The van der Waals surface area contributed by atoms with Gasteiger partial charge in [0.1, 0.15) is 6.20 Å². The van der Waals surface area contributed by atoms with Crippen LogP contribution in [-0.2, 0) is 19.6 Å². The number of amides is 1. The maximum absolute atomic E-state index is 12.7. The van der Waals surface area contributed by atoms with E-state index in [1.54, 1.807) is 24.3 Å². The van der Waals surface area contributed by atoms with Crippen molar-refractivity contribution in [3.63, 3.8) is 0 Å². The zero-order valence-electron chi connectivity index (χ0n) is 16.2. The number of nitrogens with one attached hydrogen (secondary N) is 2. The van der Waals surface area contributed by atoms with Gasteiger partial charge in [0, 0.05) is 10.2 Å². The lowest BCUT2D eigenvalue weighted by molar-refractivity contribution is -0.380. The molecule has 1 amide bonds. The van der Waals surface area contributed by atoms with Crippen LogP contribution in [0.2, 0.25) is 5.02 Å². The summed E-state index contributed by atoms with van der Waals surface area (Å²) < 4.78 is 33.3. The van der Waals surface area contributed by atoms with Crippen LogP contribution >= 0.6 is 38.9 Å². The fraction of sp³-hybridized carbons (Fsp3) is 0.0556. The highest BCUT2D eigenvalue weighted by molar-refractivity contribution is 9.10. The topological polar surface area (TPSA) is 158 Å². The van der Waals surface area contributed by atoms with E-state index in [1.165, 1.54) is 12.1 Å². The van der Waals surface area contributed by atoms with E-state index < -0.39 is 33.4 Å². The Morgan fingerprint density at radius 1 is 1.21 bits per heavy atom. The van der Waals surface area contributed by atoms with Gasteiger partial charge in [0.2, 0.25) is 0 Å². The average Bonchev–Trinajstić information content (AvgIpc) is 3.22. The molecule has 1 heterocycles. The Balaban J connectivity index is 1.67. The highest BCUT2D eigenvalue weighted by atomic mass is 79.9. The molecule has 0 saturated heterocycles. The number of nitro groups is 1. The Morgan fingerprint density at radius 2 is 1.91 bits per heavy atom. The molecule has 0 saturated carbocycles. The van der Waals surface area contributed by atoms with Crippen LogP contribution in [0.1, 0.15) is 10.4 Å². The minimum absolute atomic E-state index is 0.0483. The first kappa shape index (κ1) is 24.6. The van der Waals surface area contributed by atoms with Crippen molar-refractivity contribution in [2.75, 3.05) is 16.6 Å². The van der Waals surface area contributed by atoms with Gasteiger partial charge in [0.25, 0.3) is 15.9 Å². The molecule has 15 heteroatoms. The van der Waals surface area contributed by atoms with Crippen LogP contribution in [0.4, 0.5) is 15.8 Å². The van der Waals surface area contributed by atoms with Gasteiger partial charge in [-0.1, -0.05) is 27.5 Å². The molecule has 0 fully saturated rings. The molecule has 3 rings (SSSR count). The highest BCUT2D eigenvalue weighted by Gasteiger charge is 2.21. The SMILES string of the molecule is O=C(COC(=O)c1cc(S(=O)(=O)Nc2ccc(Br)cc2)ccc1Cl)Nc1ncc([N+](=O)[O-])s1. The number of hydrogen-bond acceptors (Lipinski definition) is 9. The summed E-state index contributed by atoms with van der Waals surface area (Å²) in [5, 5.41) is 12.5. The van der Waals surface area contributed by atoms with Crippen molar-refractivity contribution < 1.29 is 27.7 Å². The molecule has 0 spiro atoms. The van der Waals surface area contributed by atoms with Gasteiger partial charge in [-0.3, -0.25) is 24.9 Å². The molecule has 3 aromatic rings. The van der Waals surface area contributed by atoms with Gasteiger partial charge in [-0.15, -0.1) is 0 Å². The van der Waals surface area contributed by atoms with Gasteiger partial charge in [-0.05, 0) is 53.8 Å². The molecule has 172 valence electrons. The number of ether oxygens (including phenoxy) is 1. The van der Waals surface area contributed by atoms with Crippen LogP contribution in [0, 0.1) is 10.1 Å². The van der Waals surface area contributed by atoms with E-state index in [1.807, 2.05) is 0 Å². The van der Waals surface area contributed by atoms with Gasteiger partial charge in [0.05, 0.1) is 20.4 Å². The first-order valence-electron chi connectivity index (χ1n) is 8.70. The standard InChI is InChI=1S/C18H12BrClN4O7S2/c19-10-1-3-11(4-2-10)23-33(29,30)12-5-6-14(20)13(7-12)17(26)31-9-15(25)22-18-21-8-16(32-18)24(27)28/h1-8,23H,9H2,(H,21,22,25). The van der Waals surface area contributed by atoms with Crippen molar-refractivity contribution in [2.45, 2.75) is 4.90 Å². The molecule has 0 atom stereocenters. The summed E-state index contributed by atoms with van der Waals surface area (Å²) in [5.41, 5.74) is 0.0319. The van der Waals surface area contributed by atoms with Crippen molar-refractivity contribution in [3.8, 4) is 0 Å². The second kappa shape index (κ2) is 10.2. The Kier molecular flexibility index (Phi) is 7.63. The number of sulfonamides is 1. The fourth-order valence-electron chi connectivity index (χ4n) is 2.33. The van der Waals surface area contributed by atoms with E-state index in [9.17, 15) is 28.1 Å². The number of hydrogen-bond donors (Lipinski definition) is 2. The number of halogens is 2. The number of esters is 1. The van der Waals surface area contributed by atoms with Crippen molar-refractivity contribution in [1.29, 1.82) is 0 Å². The zero-order chi connectivity index (χ0) is 24.2. The lowest BCUT2D eigenvalue weighted by atomic mass is 10.2. The van der Waals surface area contributed by atoms with Gasteiger partial charge in [0.15, 0.2) is 11.7 Å². The first-order chi connectivity index (χ1) is 15.5. The molecule has 0 aliphatic carbocycles. The van der Waals surface area contributed by atoms with Crippen LogP contribution in [0.5, 0.6) is 0 Å². The minimum Gasteiger partial charge on any atom is -0.452 e. The van der Waals surface area contributed by atoms with E-state index in [2.05, 4.69) is 31.0 Å². The summed E-state index contributed by atoms with van der Waals surface area (Å²) >= 11 is 9.88. The number of carbonyl (C=O) groups is 2. The fourth-order valence-corrected chi connectivity index (χ4v) is 4.52. The van der Waals surface area contributed by atoms with Gasteiger partial charge in [-0.2, -0.15) is 0 Å². The number of anilines is 2. The number of benzene rings is 2. The lowest BCUT2D eigenvalue weighted by Gasteiger charge is -2.11. The Morgan fingerprint density at radius 3 is 2.55 bits per heavy atom. The van der Waals surface area contributed by atoms with Crippen LogP contribution in [0.15, 0.2) is 58.0 Å². The molecule has 2 N–H and O–H groups in total. The predicted octanol–water partition coefficient (Wildman–Crippen LogP) is 4.06. The maximum atomic E-state index is 12.7. The van der Waals surface area contributed by atoms with E-state index >= 15 is 0 Å². The van der Waals surface area contributed by atoms with E-state index in [-0.39, 0.29) is 25.6 Å². The number of nitrogens with zero attached hydrogens (tertiary/aromatic N) is 2. The molecule has 0 radical (unpaired) electrons.